The normalized spacial score (nSPS) is 12.8. The number of non-ortho nitro benzene ring substituents is 1. The van der Waals surface area contributed by atoms with Crippen molar-refractivity contribution < 1.29 is 4.92 Å². The summed E-state index contributed by atoms with van der Waals surface area (Å²) in [6, 6.07) is 4.99. The number of hydrogen-bond donors (Lipinski definition) is 1. The van der Waals surface area contributed by atoms with Crippen LogP contribution in [0.15, 0.2) is 24.4 Å². The smallest absolute Gasteiger partial charge is 0.270 e. The zero-order chi connectivity index (χ0) is 13.1. The minimum Gasteiger partial charge on any atom is -0.361 e. The molecule has 0 fully saturated rings. The van der Waals surface area contributed by atoms with Gasteiger partial charge < -0.3 is 4.98 Å². The van der Waals surface area contributed by atoms with Gasteiger partial charge in [-0.3, -0.25) is 10.1 Å². The predicted molar refractivity (Wildman–Crippen MR) is 72.7 cm³/mol. The van der Waals surface area contributed by atoms with E-state index in [4.69, 9.17) is 0 Å². The number of rotatable bonds is 5. The zero-order valence-corrected chi connectivity index (χ0v) is 10.8. The monoisotopic (exact) mass is 246 g/mol. The number of hydrogen-bond acceptors (Lipinski definition) is 2. The molecule has 1 heterocycles. The van der Waals surface area contributed by atoms with Crippen molar-refractivity contribution in [3.63, 3.8) is 0 Å². The lowest BCUT2D eigenvalue weighted by atomic mass is 9.96. The van der Waals surface area contributed by atoms with Gasteiger partial charge in [0, 0.05) is 29.2 Å². The quantitative estimate of drug-likeness (QED) is 0.639. The highest BCUT2D eigenvalue weighted by molar-refractivity contribution is 5.85. The molecule has 0 saturated carbocycles. The Bertz CT molecular complexity index is 560. The van der Waals surface area contributed by atoms with Crippen molar-refractivity contribution in [3.05, 3.63) is 40.1 Å². The van der Waals surface area contributed by atoms with Crippen molar-refractivity contribution in [1.82, 2.24) is 4.98 Å². The fraction of sp³-hybridized carbons (Fsp3) is 0.429. The lowest BCUT2D eigenvalue weighted by molar-refractivity contribution is -0.384. The molecule has 1 aromatic heterocycles. The number of nitro benzene ring substituents is 1. The molecule has 0 amide bonds. The summed E-state index contributed by atoms with van der Waals surface area (Å²) in [6.45, 7) is 4.40. The third kappa shape index (κ3) is 2.53. The molecule has 0 aliphatic carbocycles. The van der Waals surface area contributed by atoms with Crippen LogP contribution in [0.25, 0.3) is 10.9 Å². The molecule has 1 N–H and O–H groups in total. The molecule has 96 valence electrons. The second-order valence-corrected chi connectivity index (χ2v) is 4.90. The summed E-state index contributed by atoms with van der Waals surface area (Å²) in [5.41, 5.74) is 2.31. The number of nitro groups is 1. The van der Waals surface area contributed by atoms with Gasteiger partial charge in [0.05, 0.1) is 4.92 Å². The Morgan fingerprint density at radius 1 is 1.44 bits per heavy atom. The maximum absolute atomic E-state index is 10.8. The first kappa shape index (κ1) is 12.6. The SMILES string of the molecule is CCCC(C)Cc1c[nH]c2ccc([N+](=O)[O-])cc12. The molecule has 4 heteroatoms. The Balaban J connectivity index is 2.33. The number of nitrogens with one attached hydrogen (secondary N) is 1. The highest BCUT2D eigenvalue weighted by Gasteiger charge is 2.12. The zero-order valence-electron chi connectivity index (χ0n) is 10.8. The summed E-state index contributed by atoms with van der Waals surface area (Å²) >= 11 is 0. The highest BCUT2D eigenvalue weighted by atomic mass is 16.6. The van der Waals surface area contributed by atoms with Crippen LogP contribution in [0.5, 0.6) is 0 Å². The number of fused-ring (bicyclic) bond motifs is 1. The van der Waals surface area contributed by atoms with Gasteiger partial charge in [0.25, 0.3) is 5.69 Å². The Labute approximate surface area is 106 Å². The van der Waals surface area contributed by atoms with Gasteiger partial charge in [-0.25, -0.2) is 0 Å². The molecule has 18 heavy (non-hydrogen) atoms. The number of aromatic amines is 1. The van der Waals surface area contributed by atoms with Gasteiger partial charge in [0.1, 0.15) is 0 Å². The summed E-state index contributed by atoms with van der Waals surface area (Å²) in [5.74, 6) is 0.605. The first-order valence-electron chi connectivity index (χ1n) is 6.36. The molecular formula is C14H18N2O2. The molecule has 1 atom stereocenters. The Morgan fingerprint density at radius 3 is 2.89 bits per heavy atom. The van der Waals surface area contributed by atoms with E-state index in [0.717, 1.165) is 17.3 Å². The molecule has 2 rings (SSSR count). The molecule has 2 aromatic rings. The Kier molecular flexibility index (Phi) is 3.65. The van der Waals surface area contributed by atoms with E-state index in [1.54, 1.807) is 12.1 Å². The van der Waals surface area contributed by atoms with Crippen LogP contribution in [0.2, 0.25) is 0 Å². The number of aromatic nitrogens is 1. The second kappa shape index (κ2) is 5.21. The van der Waals surface area contributed by atoms with Crippen LogP contribution in [0.1, 0.15) is 32.3 Å². The van der Waals surface area contributed by atoms with E-state index in [-0.39, 0.29) is 10.6 Å². The molecule has 0 spiro atoms. The van der Waals surface area contributed by atoms with Gasteiger partial charge in [-0.1, -0.05) is 26.7 Å². The molecule has 1 aromatic carbocycles. The third-order valence-corrected chi connectivity index (χ3v) is 3.31. The van der Waals surface area contributed by atoms with E-state index in [2.05, 4.69) is 18.8 Å². The fourth-order valence-electron chi connectivity index (χ4n) is 2.42. The van der Waals surface area contributed by atoms with Gasteiger partial charge in [0.2, 0.25) is 0 Å². The summed E-state index contributed by atoms with van der Waals surface area (Å²) in [7, 11) is 0. The van der Waals surface area contributed by atoms with Crippen molar-refractivity contribution >= 4 is 16.6 Å². The lowest BCUT2D eigenvalue weighted by Gasteiger charge is -2.08. The summed E-state index contributed by atoms with van der Waals surface area (Å²) in [5, 5.41) is 11.8. The minimum atomic E-state index is -0.342. The summed E-state index contributed by atoms with van der Waals surface area (Å²) in [4.78, 5) is 13.6. The summed E-state index contributed by atoms with van der Waals surface area (Å²) < 4.78 is 0. The second-order valence-electron chi connectivity index (χ2n) is 4.90. The van der Waals surface area contributed by atoms with Crippen LogP contribution in [0, 0.1) is 16.0 Å². The molecule has 1 unspecified atom stereocenters. The lowest BCUT2D eigenvalue weighted by Crippen LogP contribution is -1.98. The first-order chi connectivity index (χ1) is 8.61. The number of H-pyrrole nitrogens is 1. The molecule has 0 aliphatic heterocycles. The van der Waals surface area contributed by atoms with Gasteiger partial charge >= 0.3 is 0 Å². The van der Waals surface area contributed by atoms with E-state index in [9.17, 15) is 10.1 Å². The van der Waals surface area contributed by atoms with Crippen LogP contribution in [-0.2, 0) is 6.42 Å². The molecule has 0 bridgehead atoms. The van der Waals surface area contributed by atoms with Crippen molar-refractivity contribution in [1.29, 1.82) is 0 Å². The van der Waals surface area contributed by atoms with Crippen LogP contribution in [0.3, 0.4) is 0 Å². The minimum absolute atomic E-state index is 0.159. The van der Waals surface area contributed by atoms with Gasteiger partial charge in [-0.2, -0.15) is 0 Å². The van der Waals surface area contributed by atoms with Crippen LogP contribution in [-0.4, -0.2) is 9.91 Å². The highest BCUT2D eigenvalue weighted by Crippen LogP contribution is 2.26. The largest absolute Gasteiger partial charge is 0.361 e. The van der Waals surface area contributed by atoms with Crippen molar-refractivity contribution in [3.8, 4) is 0 Å². The van der Waals surface area contributed by atoms with Gasteiger partial charge in [-0.05, 0) is 24.0 Å². The maximum atomic E-state index is 10.8. The third-order valence-electron chi connectivity index (χ3n) is 3.31. The first-order valence-corrected chi connectivity index (χ1v) is 6.36. The fourth-order valence-corrected chi connectivity index (χ4v) is 2.42. The number of nitrogens with zero attached hydrogens (tertiary/aromatic N) is 1. The summed E-state index contributed by atoms with van der Waals surface area (Å²) in [6.07, 6.45) is 5.29. The Hall–Kier alpha value is -1.84. The number of benzene rings is 1. The van der Waals surface area contributed by atoms with E-state index >= 15 is 0 Å². The molecule has 0 saturated heterocycles. The van der Waals surface area contributed by atoms with E-state index in [1.807, 2.05) is 6.20 Å². The van der Waals surface area contributed by atoms with E-state index < -0.39 is 0 Å². The molecule has 0 radical (unpaired) electrons. The van der Waals surface area contributed by atoms with Crippen LogP contribution >= 0.6 is 0 Å². The topological polar surface area (TPSA) is 58.9 Å². The van der Waals surface area contributed by atoms with Gasteiger partial charge in [0.15, 0.2) is 0 Å². The molecule has 0 aliphatic rings. The van der Waals surface area contributed by atoms with Crippen LogP contribution in [0.4, 0.5) is 5.69 Å². The molecular weight excluding hydrogens is 228 g/mol. The van der Waals surface area contributed by atoms with Crippen LogP contribution < -0.4 is 0 Å². The van der Waals surface area contributed by atoms with Gasteiger partial charge in [-0.15, -0.1) is 0 Å². The van der Waals surface area contributed by atoms with E-state index in [1.165, 1.54) is 24.5 Å². The standard InChI is InChI=1S/C14H18N2O2/c1-3-4-10(2)7-11-9-15-14-6-5-12(16(17)18)8-13(11)14/h5-6,8-10,15H,3-4,7H2,1-2H3. The molecule has 4 nitrogen and oxygen atoms in total. The van der Waals surface area contributed by atoms with E-state index in [0.29, 0.717) is 5.92 Å². The van der Waals surface area contributed by atoms with Crippen molar-refractivity contribution in [2.24, 2.45) is 5.92 Å². The average Bonchev–Trinajstić information content (AvgIpc) is 2.72. The Morgan fingerprint density at radius 2 is 2.22 bits per heavy atom. The maximum Gasteiger partial charge on any atom is 0.270 e. The van der Waals surface area contributed by atoms with Crippen molar-refractivity contribution in [2.45, 2.75) is 33.1 Å². The van der Waals surface area contributed by atoms with Crippen molar-refractivity contribution in [2.75, 3.05) is 0 Å². The average molecular weight is 246 g/mol. The predicted octanol–water partition coefficient (Wildman–Crippen LogP) is 4.05.